The molecule has 8 nitrogen and oxygen atoms in total. The minimum atomic E-state index is -0.546. The molecule has 0 atom stereocenters. The summed E-state index contributed by atoms with van der Waals surface area (Å²) >= 11 is 6.13. The van der Waals surface area contributed by atoms with E-state index in [1.165, 1.54) is 7.11 Å². The van der Waals surface area contributed by atoms with Crippen molar-refractivity contribution < 1.29 is 19.0 Å². The molecule has 2 aromatic heterocycles. The molecule has 0 spiro atoms. The Morgan fingerprint density at radius 2 is 2.00 bits per heavy atom. The Morgan fingerprint density at radius 1 is 1.17 bits per heavy atom. The summed E-state index contributed by atoms with van der Waals surface area (Å²) in [5, 5.41) is 6.29. The van der Waals surface area contributed by atoms with Gasteiger partial charge in [-0.1, -0.05) is 11.6 Å². The van der Waals surface area contributed by atoms with Gasteiger partial charge in [0.2, 0.25) is 0 Å². The Labute approximate surface area is 177 Å². The highest BCUT2D eigenvalue weighted by atomic mass is 35.5. The normalized spacial score (nSPS) is 11.2. The molecule has 0 bridgehead atoms. The number of fused-ring (bicyclic) bond motifs is 2. The number of aryl methyl sites for hydroxylation is 1. The standard InChI is InChI=1S/C21H19ClN4O4/c1-4-29-21(27)19-14-8-13(22)5-6-16(14)23-20(24-19)15-7-12-10-26(2)25-17(12)9-18(15)30-11-28-3/h5-10H,4,11H2,1-3H3. The molecule has 0 radical (unpaired) electrons. The highest BCUT2D eigenvalue weighted by molar-refractivity contribution is 6.31. The number of nitrogens with zero attached hydrogens (tertiary/aromatic N) is 4. The monoisotopic (exact) mass is 426 g/mol. The average Bonchev–Trinajstić information content (AvgIpc) is 3.09. The maximum atomic E-state index is 12.6. The highest BCUT2D eigenvalue weighted by Crippen LogP contribution is 2.34. The number of halogens is 1. The second kappa shape index (κ2) is 8.25. The molecule has 4 aromatic rings. The lowest BCUT2D eigenvalue weighted by Gasteiger charge is -2.12. The molecule has 0 N–H and O–H groups in total. The molecule has 0 saturated heterocycles. The lowest BCUT2D eigenvalue weighted by Crippen LogP contribution is -2.10. The number of carbonyl (C=O) groups excluding carboxylic acids is 1. The lowest BCUT2D eigenvalue weighted by molar-refractivity contribution is 0.0511. The fraction of sp³-hybridized carbons (Fsp3) is 0.238. The van der Waals surface area contributed by atoms with Gasteiger partial charge in [-0.25, -0.2) is 14.8 Å². The summed E-state index contributed by atoms with van der Waals surface area (Å²) in [6.45, 7) is 2.01. The molecule has 0 fully saturated rings. The molecule has 2 heterocycles. The zero-order valence-electron chi connectivity index (χ0n) is 16.7. The van der Waals surface area contributed by atoms with Crippen molar-refractivity contribution in [3.8, 4) is 17.1 Å². The number of benzene rings is 2. The van der Waals surface area contributed by atoms with Gasteiger partial charge in [-0.15, -0.1) is 0 Å². The quantitative estimate of drug-likeness (QED) is 0.340. The molecule has 4 rings (SSSR count). The molecular weight excluding hydrogens is 408 g/mol. The van der Waals surface area contributed by atoms with Crippen LogP contribution in [0, 0.1) is 0 Å². The minimum absolute atomic E-state index is 0.0409. The van der Waals surface area contributed by atoms with Crippen molar-refractivity contribution in [2.24, 2.45) is 7.05 Å². The maximum absolute atomic E-state index is 12.6. The van der Waals surface area contributed by atoms with Crippen molar-refractivity contribution in [1.29, 1.82) is 0 Å². The van der Waals surface area contributed by atoms with Gasteiger partial charge >= 0.3 is 5.97 Å². The maximum Gasteiger partial charge on any atom is 0.357 e. The van der Waals surface area contributed by atoms with Crippen LogP contribution in [0.3, 0.4) is 0 Å². The average molecular weight is 427 g/mol. The molecular formula is C21H19ClN4O4. The van der Waals surface area contributed by atoms with Crippen molar-refractivity contribution in [1.82, 2.24) is 19.7 Å². The van der Waals surface area contributed by atoms with Gasteiger partial charge in [0, 0.05) is 42.2 Å². The van der Waals surface area contributed by atoms with Crippen LogP contribution in [0.2, 0.25) is 5.02 Å². The molecule has 0 amide bonds. The first-order valence-corrected chi connectivity index (χ1v) is 9.62. The number of methoxy groups -OCH3 is 1. The Kier molecular flexibility index (Phi) is 5.52. The third-order valence-corrected chi connectivity index (χ3v) is 4.66. The van der Waals surface area contributed by atoms with Crippen molar-refractivity contribution in [2.45, 2.75) is 6.92 Å². The molecule has 0 aliphatic heterocycles. The molecule has 154 valence electrons. The number of ether oxygens (including phenoxy) is 3. The van der Waals surface area contributed by atoms with Gasteiger partial charge in [-0.3, -0.25) is 4.68 Å². The van der Waals surface area contributed by atoms with Crippen LogP contribution < -0.4 is 4.74 Å². The summed E-state index contributed by atoms with van der Waals surface area (Å²) < 4.78 is 17.7. The van der Waals surface area contributed by atoms with Crippen LogP contribution in [0.5, 0.6) is 5.75 Å². The number of aromatic nitrogens is 4. The molecule has 30 heavy (non-hydrogen) atoms. The van der Waals surface area contributed by atoms with Gasteiger partial charge in [0.1, 0.15) is 5.75 Å². The second-order valence-corrected chi connectivity index (χ2v) is 6.98. The van der Waals surface area contributed by atoms with E-state index in [2.05, 4.69) is 15.1 Å². The van der Waals surface area contributed by atoms with E-state index >= 15 is 0 Å². The molecule has 0 aliphatic rings. The van der Waals surface area contributed by atoms with E-state index in [1.807, 2.05) is 19.3 Å². The van der Waals surface area contributed by atoms with E-state index in [4.69, 9.17) is 25.8 Å². The highest BCUT2D eigenvalue weighted by Gasteiger charge is 2.20. The van der Waals surface area contributed by atoms with Crippen molar-refractivity contribution in [3.05, 3.63) is 47.2 Å². The zero-order chi connectivity index (χ0) is 21.3. The predicted octanol–water partition coefficient (Wildman–Crippen LogP) is 4.00. The second-order valence-electron chi connectivity index (χ2n) is 6.54. The SMILES string of the molecule is CCOC(=O)c1nc(-c2cc3cn(C)nc3cc2OCOC)nc2ccc(Cl)cc12. The smallest absolute Gasteiger partial charge is 0.357 e. The number of rotatable bonds is 6. The van der Waals surface area contributed by atoms with Crippen LogP contribution in [0.4, 0.5) is 0 Å². The van der Waals surface area contributed by atoms with E-state index in [0.717, 1.165) is 10.9 Å². The van der Waals surface area contributed by atoms with Crippen LogP contribution in [-0.2, 0) is 16.5 Å². The lowest BCUT2D eigenvalue weighted by atomic mass is 10.1. The Morgan fingerprint density at radius 3 is 2.77 bits per heavy atom. The summed E-state index contributed by atoms with van der Waals surface area (Å²) in [7, 11) is 3.37. The fourth-order valence-corrected chi connectivity index (χ4v) is 3.34. The third-order valence-electron chi connectivity index (χ3n) is 4.42. The fourth-order valence-electron chi connectivity index (χ4n) is 3.17. The van der Waals surface area contributed by atoms with Crippen LogP contribution in [0.1, 0.15) is 17.4 Å². The zero-order valence-corrected chi connectivity index (χ0v) is 17.4. The van der Waals surface area contributed by atoms with E-state index in [0.29, 0.717) is 33.1 Å². The molecule has 0 unspecified atom stereocenters. The van der Waals surface area contributed by atoms with Crippen molar-refractivity contribution in [2.75, 3.05) is 20.5 Å². The largest absolute Gasteiger partial charge is 0.467 e. The Balaban J connectivity index is 1.96. The Bertz CT molecular complexity index is 1250. The molecule has 0 aliphatic carbocycles. The van der Waals surface area contributed by atoms with Gasteiger partial charge in [-0.2, -0.15) is 5.10 Å². The first kappa shape index (κ1) is 20.1. The summed E-state index contributed by atoms with van der Waals surface area (Å²) in [5.41, 5.74) is 2.07. The first-order valence-electron chi connectivity index (χ1n) is 9.24. The molecule has 0 saturated carbocycles. The number of carbonyl (C=O) groups is 1. The van der Waals surface area contributed by atoms with Crippen LogP contribution >= 0.6 is 11.6 Å². The van der Waals surface area contributed by atoms with Gasteiger partial charge in [-0.05, 0) is 31.2 Å². The summed E-state index contributed by atoms with van der Waals surface area (Å²) in [5.74, 6) is 0.270. The van der Waals surface area contributed by atoms with Crippen LogP contribution in [0.25, 0.3) is 33.2 Å². The van der Waals surface area contributed by atoms with Crippen molar-refractivity contribution in [3.63, 3.8) is 0 Å². The van der Waals surface area contributed by atoms with Crippen LogP contribution in [0.15, 0.2) is 36.5 Å². The van der Waals surface area contributed by atoms with Gasteiger partial charge in [0.15, 0.2) is 18.3 Å². The summed E-state index contributed by atoms with van der Waals surface area (Å²) in [4.78, 5) is 21.8. The number of hydrogen-bond donors (Lipinski definition) is 0. The van der Waals surface area contributed by atoms with E-state index in [9.17, 15) is 4.79 Å². The van der Waals surface area contributed by atoms with Crippen LogP contribution in [-0.4, -0.2) is 46.2 Å². The Hall–Kier alpha value is -3.23. The van der Waals surface area contributed by atoms with Crippen molar-refractivity contribution >= 4 is 39.4 Å². The third kappa shape index (κ3) is 3.79. The molecule has 9 heteroatoms. The number of hydrogen-bond acceptors (Lipinski definition) is 7. The predicted molar refractivity (Wildman–Crippen MR) is 113 cm³/mol. The van der Waals surface area contributed by atoms with E-state index < -0.39 is 5.97 Å². The van der Waals surface area contributed by atoms with E-state index in [1.54, 1.807) is 35.9 Å². The molecule has 2 aromatic carbocycles. The number of esters is 1. The van der Waals surface area contributed by atoms with E-state index in [-0.39, 0.29) is 19.1 Å². The minimum Gasteiger partial charge on any atom is -0.467 e. The van der Waals surface area contributed by atoms with Gasteiger partial charge < -0.3 is 14.2 Å². The first-order chi connectivity index (χ1) is 14.5. The van der Waals surface area contributed by atoms with Gasteiger partial charge in [0.25, 0.3) is 0 Å². The summed E-state index contributed by atoms with van der Waals surface area (Å²) in [6, 6.07) is 8.77. The summed E-state index contributed by atoms with van der Waals surface area (Å²) in [6.07, 6.45) is 1.88. The topological polar surface area (TPSA) is 88.4 Å². The van der Waals surface area contributed by atoms with Gasteiger partial charge in [0.05, 0.1) is 23.2 Å².